The third kappa shape index (κ3) is 3.05. The van der Waals surface area contributed by atoms with Gasteiger partial charge in [-0.1, -0.05) is 18.5 Å². The van der Waals surface area contributed by atoms with Crippen LogP contribution in [0.1, 0.15) is 12.7 Å². The van der Waals surface area contributed by atoms with Crippen molar-refractivity contribution >= 4 is 28.5 Å². The number of carbonyl (C=O) groups excluding carboxylic acids is 1. The lowest BCUT2D eigenvalue weighted by Gasteiger charge is -2.18. The van der Waals surface area contributed by atoms with E-state index in [1.807, 2.05) is 11.8 Å². The first-order valence-electron chi connectivity index (χ1n) is 6.32. The smallest absolute Gasteiger partial charge is 0.233 e. The van der Waals surface area contributed by atoms with Crippen LogP contribution in [0.5, 0.6) is 0 Å². The molecular formula is C12H17ClN6O. The first-order valence-corrected chi connectivity index (χ1v) is 6.70. The number of hydrogen-bond donors (Lipinski definition) is 1. The Hall–Kier alpha value is -1.73. The van der Waals surface area contributed by atoms with Crippen LogP contribution in [0.4, 0.5) is 0 Å². The molecule has 0 spiro atoms. The first-order chi connectivity index (χ1) is 9.55. The molecule has 0 saturated heterocycles. The van der Waals surface area contributed by atoms with Crippen molar-refractivity contribution in [2.24, 2.45) is 7.05 Å². The fourth-order valence-electron chi connectivity index (χ4n) is 1.86. The lowest BCUT2D eigenvalue weighted by molar-refractivity contribution is -0.121. The number of rotatable bonds is 5. The highest BCUT2D eigenvalue weighted by molar-refractivity contribution is 6.33. The molecule has 0 bridgehead atoms. The highest BCUT2D eigenvalue weighted by Gasteiger charge is 2.14. The molecule has 2 aromatic rings. The zero-order chi connectivity index (χ0) is 14.7. The van der Waals surface area contributed by atoms with Gasteiger partial charge in [0.1, 0.15) is 11.0 Å². The Balaban J connectivity index is 2.23. The number of hydrogen-bond acceptors (Lipinski definition) is 5. The van der Waals surface area contributed by atoms with Crippen molar-refractivity contribution in [3.8, 4) is 0 Å². The molecule has 2 heterocycles. The zero-order valence-corrected chi connectivity index (χ0v) is 12.5. The van der Waals surface area contributed by atoms with Crippen LogP contribution in [0.15, 0.2) is 6.20 Å². The minimum atomic E-state index is -0.0421. The fourth-order valence-corrected chi connectivity index (χ4v) is 2.09. The van der Waals surface area contributed by atoms with E-state index in [0.717, 1.165) is 11.9 Å². The maximum atomic E-state index is 11.4. The first kappa shape index (κ1) is 14.7. The van der Waals surface area contributed by atoms with Gasteiger partial charge in [-0.3, -0.25) is 14.4 Å². The lowest BCUT2D eigenvalue weighted by Crippen LogP contribution is -2.35. The van der Waals surface area contributed by atoms with Crippen molar-refractivity contribution in [1.29, 1.82) is 0 Å². The molecule has 108 valence electrons. The summed E-state index contributed by atoms with van der Waals surface area (Å²) in [4.78, 5) is 22.1. The van der Waals surface area contributed by atoms with Crippen LogP contribution in [0, 0.1) is 0 Å². The van der Waals surface area contributed by atoms with Gasteiger partial charge in [-0.15, -0.1) is 0 Å². The SMILES string of the molecule is CCN(CC(=O)NC)Cc1nc(Cl)c2cnn(C)c2n1. The second-order valence-electron chi connectivity index (χ2n) is 4.41. The lowest BCUT2D eigenvalue weighted by atomic mass is 10.4. The number of carbonyl (C=O) groups is 1. The van der Waals surface area contributed by atoms with Gasteiger partial charge in [-0.2, -0.15) is 5.10 Å². The average Bonchev–Trinajstić information content (AvgIpc) is 2.80. The molecule has 20 heavy (non-hydrogen) atoms. The Bertz CT molecular complexity index is 626. The summed E-state index contributed by atoms with van der Waals surface area (Å²) in [5, 5.41) is 7.82. The second-order valence-corrected chi connectivity index (χ2v) is 4.77. The number of likely N-dealkylation sites (N-methyl/N-ethyl adjacent to an activating group) is 2. The molecule has 1 amide bonds. The Morgan fingerprint density at radius 2 is 2.25 bits per heavy atom. The van der Waals surface area contributed by atoms with E-state index in [0.29, 0.717) is 29.7 Å². The number of aryl methyl sites for hydroxylation is 1. The van der Waals surface area contributed by atoms with Gasteiger partial charge in [0.05, 0.1) is 24.7 Å². The second kappa shape index (κ2) is 6.15. The summed E-state index contributed by atoms with van der Waals surface area (Å²) in [7, 11) is 3.42. The third-order valence-electron chi connectivity index (χ3n) is 3.05. The van der Waals surface area contributed by atoms with Crippen LogP contribution in [0.25, 0.3) is 11.0 Å². The third-order valence-corrected chi connectivity index (χ3v) is 3.34. The monoisotopic (exact) mass is 296 g/mol. The van der Waals surface area contributed by atoms with E-state index < -0.39 is 0 Å². The van der Waals surface area contributed by atoms with Crippen LogP contribution >= 0.6 is 11.6 Å². The van der Waals surface area contributed by atoms with Crippen molar-refractivity contribution in [3.05, 3.63) is 17.2 Å². The number of nitrogens with zero attached hydrogens (tertiary/aromatic N) is 5. The molecule has 2 rings (SSSR count). The number of nitrogens with one attached hydrogen (secondary N) is 1. The van der Waals surface area contributed by atoms with Crippen LogP contribution in [0.2, 0.25) is 5.15 Å². The molecule has 0 radical (unpaired) electrons. The van der Waals surface area contributed by atoms with Crippen molar-refractivity contribution < 1.29 is 4.79 Å². The van der Waals surface area contributed by atoms with Gasteiger partial charge in [-0.05, 0) is 6.54 Å². The van der Waals surface area contributed by atoms with Crippen molar-refractivity contribution in [1.82, 2.24) is 30.0 Å². The minimum absolute atomic E-state index is 0.0421. The number of fused-ring (bicyclic) bond motifs is 1. The molecule has 1 N–H and O–H groups in total. The molecule has 0 aliphatic rings. The van der Waals surface area contributed by atoms with Crippen LogP contribution in [-0.2, 0) is 18.4 Å². The summed E-state index contributed by atoms with van der Waals surface area (Å²) >= 11 is 6.13. The summed E-state index contributed by atoms with van der Waals surface area (Å²) in [6, 6.07) is 0. The van der Waals surface area contributed by atoms with E-state index in [1.165, 1.54) is 0 Å². The van der Waals surface area contributed by atoms with E-state index in [1.54, 1.807) is 25.0 Å². The summed E-state index contributed by atoms with van der Waals surface area (Å²) in [5.41, 5.74) is 0.691. The van der Waals surface area contributed by atoms with Gasteiger partial charge in [0.25, 0.3) is 0 Å². The topological polar surface area (TPSA) is 75.9 Å². The van der Waals surface area contributed by atoms with Gasteiger partial charge in [0.2, 0.25) is 5.91 Å². The largest absolute Gasteiger partial charge is 0.358 e. The van der Waals surface area contributed by atoms with E-state index in [-0.39, 0.29) is 5.91 Å². The molecule has 2 aromatic heterocycles. The highest BCUT2D eigenvalue weighted by atomic mass is 35.5. The van der Waals surface area contributed by atoms with E-state index in [2.05, 4.69) is 20.4 Å². The van der Waals surface area contributed by atoms with Crippen molar-refractivity contribution in [2.75, 3.05) is 20.1 Å². The molecule has 0 atom stereocenters. The van der Waals surface area contributed by atoms with Crippen molar-refractivity contribution in [2.45, 2.75) is 13.5 Å². The molecule has 0 saturated carbocycles. The standard InChI is InChI=1S/C12H17ClN6O/c1-4-19(7-10(20)14-2)6-9-16-11(13)8-5-15-18(3)12(8)17-9/h5H,4,6-7H2,1-3H3,(H,14,20). The molecule has 0 unspecified atom stereocenters. The molecule has 0 aliphatic carbocycles. The number of aromatic nitrogens is 4. The number of amides is 1. The Kier molecular flexibility index (Phi) is 4.51. The molecule has 0 aromatic carbocycles. The van der Waals surface area contributed by atoms with Gasteiger partial charge in [0.15, 0.2) is 5.65 Å². The minimum Gasteiger partial charge on any atom is -0.358 e. The quantitative estimate of drug-likeness (QED) is 0.817. The van der Waals surface area contributed by atoms with Gasteiger partial charge >= 0.3 is 0 Å². The molecule has 0 aliphatic heterocycles. The van der Waals surface area contributed by atoms with Gasteiger partial charge < -0.3 is 5.32 Å². The summed E-state index contributed by atoms with van der Waals surface area (Å²) < 4.78 is 1.65. The predicted octanol–water partition coefficient (Wildman–Crippen LogP) is 0.585. The maximum absolute atomic E-state index is 11.4. The van der Waals surface area contributed by atoms with Gasteiger partial charge in [-0.25, -0.2) is 9.97 Å². The fraction of sp³-hybridized carbons (Fsp3) is 0.500. The molecule has 8 heteroatoms. The Morgan fingerprint density at radius 3 is 2.90 bits per heavy atom. The summed E-state index contributed by atoms with van der Waals surface area (Å²) in [6.07, 6.45) is 1.64. The van der Waals surface area contributed by atoms with Crippen LogP contribution in [0.3, 0.4) is 0 Å². The number of halogens is 1. The van der Waals surface area contributed by atoms with E-state index in [9.17, 15) is 4.79 Å². The normalized spacial score (nSPS) is 11.2. The molecule has 7 nitrogen and oxygen atoms in total. The Labute approximate surface area is 121 Å². The predicted molar refractivity (Wildman–Crippen MR) is 76.3 cm³/mol. The van der Waals surface area contributed by atoms with Gasteiger partial charge in [0, 0.05) is 14.1 Å². The Morgan fingerprint density at radius 1 is 1.50 bits per heavy atom. The summed E-state index contributed by atoms with van der Waals surface area (Å²) in [6.45, 7) is 3.47. The summed E-state index contributed by atoms with van der Waals surface area (Å²) in [5.74, 6) is 0.538. The highest BCUT2D eigenvalue weighted by Crippen LogP contribution is 2.19. The van der Waals surface area contributed by atoms with E-state index >= 15 is 0 Å². The molecule has 0 fully saturated rings. The maximum Gasteiger partial charge on any atom is 0.233 e. The molecular weight excluding hydrogens is 280 g/mol. The van der Waals surface area contributed by atoms with Crippen LogP contribution in [-0.4, -0.2) is 50.7 Å². The van der Waals surface area contributed by atoms with E-state index in [4.69, 9.17) is 11.6 Å². The van der Waals surface area contributed by atoms with Crippen LogP contribution < -0.4 is 5.32 Å². The zero-order valence-electron chi connectivity index (χ0n) is 11.7. The van der Waals surface area contributed by atoms with Crippen molar-refractivity contribution in [3.63, 3.8) is 0 Å². The average molecular weight is 297 g/mol.